The molecular formula is C9H9NO. The Morgan fingerprint density at radius 3 is 3.18 bits per heavy atom. The molecule has 0 aromatic carbocycles. The molecule has 0 amide bonds. The second-order valence-electron chi connectivity index (χ2n) is 2.77. The fourth-order valence-electron chi connectivity index (χ4n) is 1.42. The highest BCUT2D eigenvalue weighted by Crippen LogP contribution is 2.20. The molecule has 1 aliphatic carbocycles. The van der Waals surface area contributed by atoms with Crippen molar-refractivity contribution in [2.45, 2.75) is 6.04 Å². The van der Waals surface area contributed by atoms with Gasteiger partial charge in [-0.15, -0.1) is 0 Å². The fraction of sp³-hybridized carbons (Fsp3) is 0.222. The van der Waals surface area contributed by atoms with Gasteiger partial charge in [0.2, 0.25) is 0 Å². The Labute approximate surface area is 65.3 Å². The van der Waals surface area contributed by atoms with Crippen molar-refractivity contribution in [2.24, 2.45) is 5.92 Å². The van der Waals surface area contributed by atoms with E-state index in [2.05, 4.69) is 11.4 Å². The minimum Gasteiger partial charge on any atom is -0.384 e. The molecule has 2 unspecified atom stereocenters. The van der Waals surface area contributed by atoms with Gasteiger partial charge in [0.25, 0.3) is 0 Å². The summed E-state index contributed by atoms with van der Waals surface area (Å²) in [6.45, 7) is 0. The third-order valence-electron chi connectivity index (χ3n) is 2.04. The van der Waals surface area contributed by atoms with Crippen LogP contribution < -0.4 is 5.32 Å². The van der Waals surface area contributed by atoms with Gasteiger partial charge in [0, 0.05) is 11.5 Å². The molecule has 0 saturated carbocycles. The first-order chi connectivity index (χ1) is 5.40. The van der Waals surface area contributed by atoms with Crippen LogP contribution in [0.4, 0.5) is 0 Å². The van der Waals surface area contributed by atoms with Crippen molar-refractivity contribution in [3.8, 4) is 0 Å². The molecular weight excluding hydrogens is 138 g/mol. The molecule has 2 heteroatoms. The number of hydrogen-bond acceptors (Lipinski definition) is 2. The van der Waals surface area contributed by atoms with Crippen LogP contribution in [0.3, 0.4) is 0 Å². The predicted molar refractivity (Wildman–Crippen MR) is 42.8 cm³/mol. The van der Waals surface area contributed by atoms with Crippen molar-refractivity contribution in [1.82, 2.24) is 5.32 Å². The zero-order valence-electron chi connectivity index (χ0n) is 6.03. The summed E-state index contributed by atoms with van der Waals surface area (Å²) in [5, 5.41) is 3.16. The summed E-state index contributed by atoms with van der Waals surface area (Å²) < 4.78 is 0. The molecule has 1 N–H and O–H groups in total. The van der Waals surface area contributed by atoms with Crippen LogP contribution in [0.15, 0.2) is 36.1 Å². The van der Waals surface area contributed by atoms with Crippen LogP contribution in [-0.2, 0) is 4.79 Å². The lowest BCUT2D eigenvalue weighted by Crippen LogP contribution is -2.25. The van der Waals surface area contributed by atoms with Crippen molar-refractivity contribution < 1.29 is 4.79 Å². The van der Waals surface area contributed by atoms with Gasteiger partial charge in [-0.25, -0.2) is 0 Å². The Morgan fingerprint density at radius 1 is 1.45 bits per heavy atom. The van der Waals surface area contributed by atoms with Gasteiger partial charge in [0.15, 0.2) is 0 Å². The lowest BCUT2D eigenvalue weighted by Gasteiger charge is -2.16. The fourth-order valence-corrected chi connectivity index (χ4v) is 1.42. The number of fused-ring (bicyclic) bond motifs is 1. The van der Waals surface area contributed by atoms with Crippen LogP contribution in [0.1, 0.15) is 0 Å². The zero-order valence-corrected chi connectivity index (χ0v) is 6.03. The first-order valence-electron chi connectivity index (χ1n) is 3.68. The number of carbonyl (C=O) groups is 1. The molecule has 56 valence electrons. The van der Waals surface area contributed by atoms with E-state index in [4.69, 9.17) is 0 Å². The van der Waals surface area contributed by atoms with E-state index >= 15 is 0 Å². The number of hydrogen-bond donors (Lipinski definition) is 1. The van der Waals surface area contributed by atoms with Gasteiger partial charge in [-0.2, -0.15) is 0 Å². The van der Waals surface area contributed by atoms with Crippen LogP contribution in [0.2, 0.25) is 0 Å². The monoisotopic (exact) mass is 147 g/mol. The van der Waals surface area contributed by atoms with E-state index in [0.717, 1.165) is 11.9 Å². The quantitative estimate of drug-likeness (QED) is 0.555. The maximum atomic E-state index is 10.4. The van der Waals surface area contributed by atoms with Gasteiger partial charge in [-0.3, -0.25) is 4.79 Å². The highest BCUT2D eigenvalue weighted by Gasteiger charge is 2.20. The number of rotatable bonds is 1. The Balaban J connectivity index is 2.24. The second-order valence-corrected chi connectivity index (χ2v) is 2.77. The smallest absolute Gasteiger partial charge is 0.149 e. The molecule has 2 atom stereocenters. The van der Waals surface area contributed by atoms with Gasteiger partial charge >= 0.3 is 0 Å². The standard InChI is InChI=1S/C9H9NO/c11-6-7-1-2-8-3-4-10-9(8)5-7/h1-6,8-10H. The van der Waals surface area contributed by atoms with Gasteiger partial charge in [0.1, 0.15) is 6.29 Å². The molecule has 0 bridgehead atoms. The Bertz CT molecular complexity index is 263. The maximum absolute atomic E-state index is 10.4. The average molecular weight is 147 g/mol. The minimum absolute atomic E-state index is 0.306. The van der Waals surface area contributed by atoms with Crippen molar-refractivity contribution in [2.75, 3.05) is 0 Å². The molecule has 2 aliphatic rings. The predicted octanol–water partition coefficient (Wildman–Crippen LogP) is 0.783. The Hall–Kier alpha value is -1.31. The van der Waals surface area contributed by atoms with Gasteiger partial charge in [-0.05, 0) is 6.20 Å². The Kier molecular flexibility index (Phi) is 1.39. The number of aldehydes is 1. The minimum atomic E-state index is 0.306. The third-order valence-corrected chi connectivity index (χ3v) is 2.04. The van der Waals surface area contributed by atoms with E-state index < -0.39 is 0 Å². The third kappa shape index (κ3) is 1.00. The summed E-state index contributed by atoms with van der Waals surface area (Å²) in [6.07, 6.45) is 10.8. The maximum Gasteiger partial charge on any atom is 0.149 e. The van der Waals surface area contributed by atoms with Crippen molar-refractivity contribution in [1.29, 1.82) is 0 Å². The molecule has 0 spiro atoms. The lowest BCUT2D eigenvalue weighted by atomic mass is 9.94. The first kappa shape index (κ1) is 6.40. The van der Waals surface area contributed by atoms with E-state index in [-0.39, 0.29) is 0 Å². The molecule has 0 aromatic heterocycles. The van der Waals surface area contributed by atoms with Crippen LogP contribution in [0, 0.1) is 5.92 Å². The SMILES string of the molecule is O=CC1=CC2NC=CC2C=C1. The van der Waals surface area contributed by atoms with Crippen LogP contribution in [-0.4, -0.2) is 12.3 Å². The van der Waals surface area contributed by atoms with E-state index in [1.807, 2.05) is 24.4 Å². The van der Waals surface area contributed by atoms with E-state index in [1.54, 1.807) is 0 Å². The highest BCUT2D eigenvalue weighted by molar-refractivity contribution is 5.78. The van der Waals surface area contributed by atoms with Crippen molar-refractivity contribution in [3.63, 3.8) is 0 Å². The van der Waals surface area contributed by atoms with E-state index in [1.165, 1.54) is 0 Å². The average Bonchev–Trinajstić information content (AvgIpc) is 2.50. The molecule has 0 radical (unpaired) electrons. The zero-order chi connectivity index (χ0) is 7.68. The van der Waals surface area contributed by atoms with E-state index in [9.17, 15) is 4.79 Å². The second kappa shape index (κ2) is 2.38. The summed E-state index contributed by atoms with van der Waals surface area (Å²) in [7, 11) is 0. The summed E-state index contributed by atoms with van der Waals surface area (Å²) in [5.74, 6) is 0.443. The molecule has 1 heterocycles. The topological polar surface area (TPSA) is 29.1 Å². The number of allylic oxidation sites excluding steroid dienone is 2. The summed E-state index contributed by atoms with van der Waals surface area (Å²) in [4.78, 5) is 10.4. The largest absolute Gasteiger partial charge is 0.384 e. The van der Waals surface area contributed by atoms with Crippen molar-refractivity contribution >= 4 is 6.29 Å². The molecule has 0 aromatic rings. The van der Waals surface area contributed by atoms with E-state index in [0.29, 0.717) is 12.0 Å². The van der Waals surface area contributed by atoms with Crippen molar-refractivity contribution in [3.05, 3.63) is 36.1 Å². The summed E-state index contributed by atoms with van der Waals surface area (Å²) in [6, 6.07) is 0.306. The van der Waals surface area contributed by atoms with Crippen LogP contribution >= 0.6 is 0 Å². The molecule has 2 rings (SSSR count). The summed E-state index contributed by atoms with van der Waals surface area (Å²) in [5.41, 5.74) is 0.766. The van der Waals surface area contributed by atoms with Gasteiger partial charge < -0.3 is 5.32 Å². The lowest BCUT2D eigenvalue weighted by molar-refractivity contribution is -0.104. The van der Waals surface area contributed by atoms with Gasteiger partial charge in [0.05, 0.1) is 6.04 Å². The molecule has 11 heavy (non-hydrogen) atoms. The van der Waals surface area contributed by atoms with Gasteiger partial charge in [-0.1, -0.05) is 24.3 Å². The number of nitrogens with one attached hydrogen (secondary N) is 1. The normalized spacial score (nSPS) is 32.5. The molecule has 1 aliphatic heterocycles. The molecule has 0 fully saturated rings. The first-order valence-corrected chi connectivity index (χ1v) is 3.68. The van der Waals surface area contributed by atoms with Crippen LogP contribution in [0.5, 0.6) is 0 Å². The molecule has 2 nitrogen and oxygen atoms in total. The highest BCUT2D eigenvalue weighted by atomic mass is 16.1. The Morgan fingerprint density at radius 2 is 2.36 bits per heavy atom. The van der Waals surface area contributed by atoms with Crippen LogP contribution in [0.25, 0.3) is 0 Å². The molecule has 0 saturated heterocycles. The summed E-state index contributed by atoms with van der Waals surface area (Å²) >= 11 is 0. The number of carbonyl (C=O) groups excluding carboxylic acids is 1.